The van der Waals surface area contributed by atoms with Crippen molar-refractivity contribution in [3.63, 3.8) is 0 Å². The maximum Gasteiger partial charge on any atom is 0.357 e. The first-order valence-corrected chi connectivity index (χ1v) is 11.8. The third-order valence-electron chi connectivity index (χ3n) is 4.15. The lowest BCUT2D eigenvalue weighted by Gasteiger charge is -2.10. The van der Waals surface area contributed by atoms with Crippen LogP contribution in [0.15, 0.2) is 35.2 Å². The summed E-state index contributed by atoms with van der Waals surface area (Å²) in [4.78, 5) is 36.1. The highest BCUT2D eigenvalue weighted by Gasteiger charge is 2.17. The summed E-state index contributed by atoms with van der Waals surface area (Å²) in [5.74, 6) is -1.48. The molecule has 14 heteroatoms. The number of aryl methyl sites for hydroxylation is 1. The predicted molar refractivity (Wildman–Crippen MR) is 120 cm³/mol. The molecule has 0 bridgehead atoms. The van der Waals surface area contributed by atoms with Gasteiger partial charge in [-0.15, -0.1) is 0 Å². The van der Waals surface area contributed by atoms with Crippen LogP contribution in [0.2, 0.25) is 0 Å². The summed E-state index contributed by atoms with van der Waals surface area (Å²) in [7, 11) is -3.79. The Morgan fingerprint density at radius 2 is 1.88 bits per heavy atom. The maximum atomic E-state index is 12.2. The number of nitrogens with zero attached hydrogens (tertiary/aromatic N) is 3. The third-order valence-corrected chi connectivity index (χ3v) is 6.14. The molecule has 0 spiro atoms. The number of carbonyl (C=O) groups excluding carboxylic acids is 1. The molecule has 0 aliphatic rings. The SMILES string of the molecule is CCOC(=O)c1cc(NCc2ccc(S(N)(=O)=O)cc2)nc(Nc2nc(C)c(C(=O)O)s2)n1. The fraction of sp³-hybridized carbons (Fsp3) is 0.211. The molecule has 0 aliphatic heterocycles. The summed E-state index contributed by atoms with van der Waals surface area (Å²) in [5, 5.41) is 20.4. The fourth-order valence-electron chi connectivity index (χ4n) is 2.64. The van der Waals surface area contributed by atoms with Gasteiger partial charge in [-0.05, 0) is 31.5 Å². The molecule has 0 atom stereocenters. The minimum atomic E-state index is -3.79. The number of primary sulfonamides is 1. The highest BCUT2D eigenvalue weighted by Crippen LogP contribution is 2.25. The van der Waals surface area contributed by atoms with Crippen molar-refractivity contribution >= 4 is 50.2 Å². The van der Waals surface area contributed by atoms with Gasteiger partial charge in [0.05, 0.1) is 17.2 Å². The smallest absolute Gasteiger partial charge is 0.357 e. The van der Waals surface area contributed by atoms with Gasteiger partial charge in [0.1, 0.15) is 10.7 Å². The first-order valence-electron chi connectivity index (χ1n) is 9.46. The molecule has 0 unspecified atom stereocenters. The van der Waals surface area contributed by atoms with Crippen molar-refractivity contribution in [2.45, 2.75) is 25.3 Å². The van der Waals surface area contributed by atoms with Gasteiger partial charge in [0.2, 0.25) is 16.0 Å². The molecule has 33 heavy (non-hydrogen) atoms. The van der Waals surface area contributed by atoms with E-state index in [0.717, 1.165) is 16.9 Å². The molecule has 0 aliphatic carbocycles. The number of hydrogen-bond acceptors (Lipinski definition) is 11. The number of carbonyl (C=O) groups is 2. The predicted octanol–water partition coefficient (Wildman–Crippen LogP) is 2.12. The monoisotopic (exact) mass is 492 g/mol. The first kappa shape index (κ1) is 24.0. The molecule has 0 amide bonds. The molecule has 0 fully saturated rings. The van der Waals surface area contributed by atoms with Crippen molar-refractivity contribution in [2.24, 2.45) is 5.14 Å². The van der Waals surface area contributed by atoms with Crippen molar-refractivity contribution in [3.05, 3.63) is 52.2 Å². The van der Waals surface area contributed by atoms with Crippen molar-refractivity contribution in [3.8, 4) is 0 Å². The van der Waals surface area contributed by atoms with Crippen LogP contribution >= 0.6 is 11.3 Å². The molecule has 2 heterocycles. The number of anilines is 3. The molecular formula is C19H20N6O6S2. The van der Waals surface area contributed by atoms with Crippen LogP contribution in [-0.4, -0.2) is 47.0 Å². The maximum absolute atomic E-state index is 12.2. The molecule has 3 rings (SSSR count). The van der Waals surface area contributed by atoms with Crippen LogP contribution in [0, 0.1) is 6.92 Å². The Labute approximate surface area is 192 Å². The van der Waals surface area contributed by atoms with Crippen LogP contribution < -0.4 is 15.8 Å². The molecule has 3 aromatic rings. The van der Waals surface area contributed by atoms with Crippen LogP contribution in [-0.2, 0) is 21.3 Å². The van der Waals surface area contributed by atoms with Gasteiger partial charge in [0.25, 0.3) is 0 Å². The topological polar surface area (TPSA) is 186 Å². The number of sulfonamides is 1. The molecule has 2 aromatic heterocycles. The molecular weight excluding hydrogens is 472 g/mol. The van der Waals surface area contributed by atoms with Gasteiger partial charge in [-0.3, -0.25) is 5.32 Å². The van der Waals surface area contributed by atoms with E-state index < -0.39 is 22.0 Å². The van der Waals surface area contributed by atoms with Crippen molar-refractivity contribution in [1.82, 2.24) is 15.0 Å². The van der Waals surface area contributed by atoms with Gasteiger partial charge in [0.15, 0.2) is 10.8 Å². The number of carboxylic acids is 1. The average Bonchev–Trinajstić information content (AvgIpc) is 3.12. The van der Waals surface area contributed by atoms with Gasteiger partial charge in [0, 0.05) is 12.6 Å². The Hall–Kier alpha value is -3.62. The molecule has 12 nitrogen and oxygen atoms in total. The lowest BCUT2D eigenvalue weighted by molar-refractivity contribution is 0.0519. The van der Waals surface area contributed by atoms with E-state index in [1.54, 1.807) is 26.0 Å². The highest BCUT2D eigenvalue weighted by molar-refractivity contribution is 7.89. The van der Waals surface area contributed by atoms with E-state index in [1.807, 2.05) is 0 Å². The van der Waals surface area contributed by atoms with Gasteiger partial charge in [-0.2, -0.15) is 4.98 Å². The zero-order chi connectivity index (χ0) is 24.2. The fourth-order valence-corrected chi connectivity index (χ4v) is 3.95. The van der Waals surface area contributed by atoms with Crippen LogP contribution in [0.25, 0.3) is 0 Å². The van der Waals surface area contributed by atoms with E-state index >= 15 is 0 Å². The number of ether oxygens (including phenoxy) is 1. The molecule has 1 aromatic carbocycles. The Bertz CT molecular complexity index is 1290. The van der Waals surface area contributed by atoms with Crippen molar-refractivity contribution in [1.29, 1.82) is 0 Å². The summed E-state index contributed by atoms with van der Waals surface area (Å²) < 4.78 is 27.8. The number of carboxylic acid groups (broad SMARTS) is 1. The van der Waals surface area contributed by atoms with Gasteiger partial charge < -0.3 is 15.2 Å². The number of rotatable bonds is 9. The first-order chi connectivity index (χ1) is 15.6. The zero-order valence-electron chi connectivity index (χ0n) is 17.5. The lowest BCUT2D eigenvalue weighted by Crippen LogP contribution is -2.13. The van der Waals surface area contributed by atoms with E-state index in [4.69, 9.17) is 9.88 Å². The summed E-state index contributed by atoms with van der Waals surface area (Å²) in [5.41, 5.74) is 1.04. The van der Waals surface area contributed by atoms with Crippen molar-refractivity contribution < 1.29 is 27.9 Å². The number of nitrogens with one attached hydrogen (secondary N) is 2. The molecule has 0 saturated heterocycles. The molecule has 0 radical (unpaired) electrons. The summed E-state index contributed by atoms with van der Waals surface area (Å²) in [6.45, 7) is 3.63. The number of hydrogen-bond donors (Lipinski definition) is 4. The van der Waals surface area contributed by atoms with Gasteiger partial charge >= 0.3 is 11.9 Å². The number of benzene rings is 1. The second-order valence-electron chi connectivity index (χ2n) is 6.59. The van der Waals surface area contributed by atoms with E-state index in [1.165, 1.54) is 18.2 Å². The van der Waals surface area contributed by atoms with Crippen LogP contribution in [0.5, 0.6) is 0 Å². The Kier molecular flexibility index (Phi) is 7.20. The standard InChI is InChI=1S/C19H20N6O6S2/c1-3-31-17(28)13-8-14(21-9-11-4-6-12(7-5-11)33(20,29)30)24-18(23-13)25-19-22-10(2)15(32-19)16(26)27/h4-8H,3,9H2,1-2H3,(H,26,27)(H2,20,29,30)(H2,21,22,23,24,25). The molecule has 0 saturated carbocycles. The van der Waals surface area contributed by atoms with E-state index in [-0.39, 0.29) is 45.5 Å². The Morgan fingerprint density at radius 3 is 2.45 bits per heavy atom. The number of aromatic nitrogens is 3. The largest absolute Gasteiger partial charge is 0.477 e. The number of nitrogens with two attached hydrogens (primary N) is 1. The third kappa shape index (κ3) is 6.21. The Balaban J connectivity index is 1.84. The highest BCUT2D eigenvalue weighted by atomic mass is 32.2. The normalized spacial score (nSPS) is 11.1. The summed E-state index contributed by atoms with van der Waals surface area (Å²) >= 11 is 0.909. The summed E-state index contributed by atoms with van der Waals surface area (Å²) in [6, 6.07) is 7.34. The number of esters is 1. The lowest BCUT2D eigenvalue weighted by atomic mass is 10.2. The van der Waals surface area contributed by atoms with Crippen LogP contribution in [0.4, 0.5) is 16.9 Å². The second-order valence-corrected chi connectivity index (χ2v) is 9.15. The zero-order valence-corrected chi connectivity index (χ0v) is 19.2. The molecule has 5 N–H and O–H groups in total. The number of thiazole rings is 1. The average molecular weight is 493 g/mol. The van der Waals surface area contributed by atoms with Gasteiger partial charge in [-0.1, -0.05) is 23.5 Å². The van der Waals surface area contributed by atoms with Crippen LogP contribution in [0.3, 0.4) is 0 Å². The summed E-state index contributed by atoms with van der Waals surface area (Å²) in [6.07, 6.45) is 0. The Morgan fingerprint density at radius 1 is 1.18 bits per heavy atom. The van der Waals surface area contributed by atoms with Crippen LogP contribution in [0.1, 0.15) is 38.3 Å². The second kappa shape index (κ2) is 9.89. The number of aromatic carboxylic acids is 1. The minimum Gasteiger partial charge on any atom is -0.477 e. The van der Waals surface area contributed by atoms with Gasteiger partial charge in [-0.25, -0.2) is 33.1 Å². The quantitative estimate of drug-likeness (QED) is 0.320. The van der Waals surface area contributed by atoms with Crippen molar-refractivity contribution in [2.75, 3.05) is 17.2 Å². The van der Waals surface area contributed by atoms with E-state index in [9.17, 15) is 23.1 Å². The van der Waals surface area contributed by atoms with E-state index in [0.29, 0.717) is 5.69 Å². The molecule has 174 valence electrons. The minimum absolute atomic E-state index is 0.0103. The van der Waals surface area contributed by atoms with E-state index in [2.05, 4.69) is 25.6 Å².